The Hall–Kier alpha value is -2.22. The van der Waals surface area contributed by atoms with Gasteiger partial charge in [-0.3, -0.25) is 9.59 Å². The van der Waals surface area contributed by atoms with Crippen molar-refractivity contribution in [2.24, 2.45) is 0 Å². The highest BCUT2D eigenvalue weighted by molar-refractivity contribution is 5.95. The summed E-state index contributed by atoms with van der Waals surface area (Å²) in [4.78, 5) is 34.5. The van der Waals surface area contributed by atoms with Crippen LogP contribution in [0.25, 0.3) is 0 Å². The van der Waals surface area contributed by atoms with Crippen LogP contribution in [0.4, 0.5) is 0 Å². The first kappa shape index (κ1) is 15.2. The van der Waals surface area contributed by atoms with E-state index in [0.29, 0.717) is 24.1 Å². The third-order valence-corrected chi connectivity index (χ3v) is 3.57. The first-order chi connectivity index (χ1) is 9.90. The number of aliphatic carboxylic acids is 1. The summed E-state index contributed by atoms with van der Waals surface area (Å²) in [5, 5.41) is 17.5. The first-order valence-corrected chi connectivity index (χ1v) is 6.62. The Morgan fingerprint density at radius 2 is 2.14 bits per heavy atom. The van der Waals surface area contributed by atoms with Gasteiger partial charge >= 0.3 is 5.97 Å². The van der Waals surface area contributed by atoms with Crippen LogP contribution in [-0.2, 0) is 9.53 Å². The molecule has 2 heterocycles. The fourth-order valence-electron chi connectivity index (χ4n) is 2.23. The molecular formula is C13H17N3O5. The van der Waals surface area contributed by atoms with E-state index in [2.05, 4.69) is 15.5 Å². The van der Waals surface area contributed by atoms with Crippen LogP contribution in [0.15, 0.2) is 4.79 Å². The van der Waals surface area contributed by atoms with Gasteiger partial charge in [-0.1, -0.05) is 0 Å². The van der Waals surface area contributed by atoms with E-state index < -0.39 is 23.5 Å². The Kier molecular flexibility index (Phi) is 4.37. The molecule has 8 nitrogen and oxygen atoms in total. The van der Waals surface area contributed by atoms with Crippen molar-refractivity contribution in [3.8, 4) is 0 Å². The SMILES string of the molecule is Cc1n[nH]c(=O)c(C(=O)NCC2CCC(C(=O)O)O2)c1C. The molecule has 3 N–H and O–H groups in total. The van der Waals surface area contributed by atoms with E-state index >= 15 is 0 Å². The molecule has 0 aromatic carbocycles. The van der Waals surface area contributed by atoms with Crippen molar-refractivity contribution < 1.29 is 19.4 Å². The van der Waals surface area contributed by atoms with Gasteiger partial charge in [-0.2, -0.15) is 5.10 Å². The van der Waals surface area contributed by atoms with Crippen molar-refractivity contribution in [1.29, 1.82) is 0 Å². The number of aromatic amines is 1. The number of aromatic nitrogens is 2. The van der Waals surface area contributed by atoms with Gasteiger partial charge in [-0.25, -0.2) is 9.89 Å². The molecule has 1 aromatic heterocycles. The number of H-pyrrole nitrogens is 1. The Morgan fingerprint density at radius 3 is 2.76 bits per heavy atom. The molecule has 0 saturated carbocycles. The van der Waals surface area contributed by atoms with Crippen LogP contribution in [0.5, 0.6) is 0 Å². The van der Waals surface area contributed by atoms with E-state index in [1.54, 1.807) is 13.8 Å². The maximum atomic E-state index is 12.1. The lowest BCUT2D eigenvalue weighted by atomic mass is 10.1. The van der Waals surface area contributed by atoms with Crippen molar-refractivity contribution in [2.75, 3.05) is 6.54 Å². The average Bonchev–Trinajstić information content (AvgIpc) is 2.90. The second-order valence-electron chi connectivity index (χ2n) is 5.01. The van der Waals surface area contributed by atoms with Gasteiger partial charge < -0.3 is 15.2 Å². The summed E-state index contributed by atoms with van der Waals surface area (Å²) < 4.78 is 5.28. The number of hydrogen-bond donors (Lipinski definition) is 3. The Bertz CT molecular complexity index is 625. The molecule has 2 rings (SSSR count). The molecule has 1 amide bonds. The molecule has 1 fully saturated rings. The predicted octanol–water partition coefficient (Wildman–Crippen LogP) is -0.251. The van der Waals surface area contributed by atoms with Gasteiger partial charge in [0.2, 0.25) is 0 Å². The van der Waals surface area contributed by atoms with Crippen molar-refractivity contribution in [3.63, 3.8) is 0 Å². The maximum Gasteiger partial charge on any atom is 0.332 e. The summed E-state index contributed by atoms with van der Waals surface area (Å²) in [5.41, 5.74) is 0.566. The third kappa shape index (κ3) is 3.27. The lowest BCUT2D eigenvalue weighted by Gasteiger charge is -2.13. The van der Waals surface area contributed by atoms with Crippen LogP contribution in [-0.4, -0.2) is 45.9 Å². The van der Waals surface area contributed by atoms with Crippen LogP contribution in [0.3, 0.4) is 0 Å². The highest BCUT2D eigenvalue weighted by atomic mass is 16.5. The molecule has 8 heteroatoms. The van der Waals surface area contributed by atoms with E-state index in [9.17, 15) is 14.4 Å². The molecule has 2 atom stereocenters. The normalized spacial score (nSPS) is 21.2. The van der Waals surface area contributed by atoms with Gasteiger partial charge in [-0.15, -0.1) is 0 Å². The molecule has 21 heavy (non-hydrogen) atoms. The monoisotopic (exact) mass is 295 g/mol. The number of hydrogen-bond acceptors (Lipinski definition) is 5. The molecule has 2 unspecified atom stereocenters. The predicted molar refractivity (Wildman–Crippen MR) is 72.2 cm³/mol. The van der Waals surface area contributed by atoms with Gasteiger partial charge in [0.15, 0.2) is 6.10 Å². The van der Waals surface area contributed by atoms with Gasteiger partial charge in [0, 0.05) is 6.54 Å². The number of carboxylic acid groups (broad SMARTS) is 1. The van der Waals surface area contributed by atoms with Crippen LogP contribution < -0.4 is 10.9 Å². The lowest BCUT2D eigenvalue weighted by Crippen LogP contribution is -2.36. The zero-order chi connectivity index (χ0) is 15.6. The standard InChI is InChI=1S/C13H17N3O5/c1-6-7(2)15-16-12(18)10(6)11(17)14-5-8-3-4-9(21-8)13(19)20/h8-9H,3-5H2,1-2H3,(H,14,17)(H,16,18)(H,19,20). The fourth-order valence-corrected chi connectivity index (χ4v) is 2.23. The van der Waals surface area contributed by atoms with Gasteiger partial charge in [0.1, 0.15) is 5.56 Å². The molecule has 1 aliphatic heterocycles. The molecule has 0 aliphatic carbocycles. The minimum absolute atomic E-state index is 0.0234. The number of rotatable bonds is 4. The minimum Gasteiger partial charge on any atom is -0.479 e. The molecule has 0 radical (unpaired) electrons. The summed E-state index contributed by atoms with van der Waals surface area (Å²) in [6.07, 6.45) is -0.191. The Labute approximate surface area is 120 Å². The maximum absolute atomic E-state index is 12.1. The number of carbonyl (C=O) groups excluding carboxylic acids is 1. The molecule has 1 saturated heterocycles. The zero-order valence-electron chi connectivity index (χ0n) is 11.8. The molecular weight excluding hydrogens is 278 g/mol. The van der Waals surface area contributed by atoms with Crippen LogP contribution in [0.1, 0.15) is 34.5 Å². The second kappa shape index (κ2) is 6.04. The molecule has 1 aromatic rings. The van der Waals surface area contributed by atoms with Gasteiger partial charge in [0.05, 0.1) is 11.8 Å². The summed E-state index contributed by atoms with van der Waals surface area (Å²) in [6, 6.07) is 0. The summed E-state index contributed by atoms with van der Waals surface area (Å²) in [5.74, 6) is -1.51. The smallest absolute Gasteiger partial charge is 0.332 e. The number of aryl methyl sites for hydroxylation is 1. The number of carbonyl (C=O) groups is 2. The first-order valence-electron chi connectivity index (χ1n) is 6.62. The highest BCUT2D eigenvalue weighted by Crippen LogP contribution is 2.19. The summed E-state index contributed by atoms with van der Waals surface area (Å²) in [7, 11) is 0. The van der Waals surface area contributed by atoms with Crippen molar-refractivity contribution in [2.45, 2.75) is 38.9 Å². The topological polar surface area (TPSA) is 121 Å². The van der Waals surface area contributed by atoms with Crippen LogP contribution in [0, 0.1) is 13.8 Å². The van der Waals surface area contributed by atoms with Crippen molar-refractivity contribution >= 4 is 11.9 Å². The van der Waals surface area contributed by atoms with E-state index in [4.69, 9.17) is 9.84 Å². The van der Waals surface area contributed by atoms with Gasteiger partial charge in [0.25, 0.3) is 11.5 Å². The molecule has 1 aliphatic rings. The fraction of sp³-hybridized carbons (Fsp3) is 0.538. The third-order valence-electron chi connectivity index (χ3n) is 3.57. The van der Waals surface area contributed by atoms with Crippen LogP contribution >= 0.6 is 0 Å². The average molecular weight is 295 g/mol. The minimum atomic E-state index is -0.999. The second-order valence-corrected chi connectivity index (χ2v) is 5.01. The lowest BCUT2D eigenvalue weighted by molar-refractivity contribution is -0.149. The van der Waals surface area contributed by atoms with E-state index in [1.807, 2.05) is 0 Å². The highest BCUT2D eigenvalue weighted by Gasteiger charge is 2.30. The van der Waals surface area contributed by atoms with Crippen LogP contribution in [0.2, 0.25) is 0 Å². The zero-order valence-corrected chi connectivity index (χ0v) is 11.8. The van der Waals surface area contributed by atoms with E-state index in [0.717, 1.165) is 0 Å². The molecule has 0 spiro atoms. The quantitative estimate of drug-likeness (QED) is 0.704. The Morgan fingerprint density at radius 1 is 1.43 bits per heavy atom. The summed E-state index contributed by atoms with van der Waals surface area (Å²) >= 11 is 0. The van der Waals surface area contributed by atoms with E-state index in [-0.39, 0.29) is 18.2 Å². The van der Waals surface area contributed by atoms with Crippen molar-refractivity contribution in [1.82, 2.24) is 15.5 Å². The summed E-state index contributed by atoms with van der Waals surface area (Å²) in [6.45, 7) is 3.52. The molecule has 114 valence electrons. The number of carboxylic acids is 1. The van der Waals surface area contributed by atoms with Crippen molar-refractivity contribution in [3.05, 3.63) is 27.2 Å². The number of amides is 1. The Balaban J connectivity index is 1.99. The molecule has 0 bridgehead atoms. The number of ether oxygens (including phenoxy) is 1. The number of nitrogens with one attached hydrogen (secondary N) is 2. The van der Waals surface area contributed by atoms with E-state index in [1.165, 1.54) is 0 Å². The van der Waals surface area contributed by atoms with Gasteiger partial charge in [-0.05, 0) is 32.3 Å². The largest absolute Gasteiger partial charge is 0.479 e. The number of nitrogens with zero attached hydrogens (tertiary/aromatic N) is 1.